The second kappa shape index (κ2) is 3.85. The van der Waals surface area contributed by atoms with E-state index in [-0.39, 0.29) is 5.16 Å². The van der Waals surface area contributed by atoms with E-state index in [1.807, 2.05) is 0 Å². The Hall–Kier alpha value is -2.29. The minimum Gasteiger partial charge on any atom is -0.250 e. The Bertz CT molecular complexity index is 863. The fraction of sp³-hybridized carbons (Fsp3) is 0.200. The number of benzene rings is 1. The number of nitrogens with zero attached hydrogens (tertiary/aromatic N) is 6. The van der Waals surface area contributed by atoms with Gasteiger partial charge in [-0.2, -0.15) is 0 Å². The minimum absolute atomic E-state index is 0.0772. The molecule has 19 heavy (non-hydrogen) atoms. The Labute approximate surface area is 108 Å². The molecule has 0 unspecified atom stereocenters. The summed E-state index contributed by atoms with van der Waals surface area (Å²) in [5.41, 5.74) is 1.21. The van der Waals surface area contributed by atoms with Gasteiger partial charge in [-0.15, -0.1) is 0 Å². The highest BCUT2D eigenvalue weighted by molar-refractivity contribution is 7.90. The molecule has 9 heteroatoms. The van der Waals surface area contributed by atoms with Crippen molar-refractivity contribution in [3.63, 3.8) is 0 Å². The number of aryl methyl sites for hydroxylation is 1. The van der Waals surface area contributed by atoms with Crippen LogP contribution in [0.3, 0.4) is 0 Å². The third-order valence-electron chi connectivity index (χ3n) is 2.66. The van der Waals surface area contributed by atoms with E-state index in [9.17, 15) is 8.42 Å². The molecule has 2 aromatic heterocycles. The molecule has 0 amide bonds. The quantitative estimate of drug-likeness (QED) is 0.652. The van der Waals surface area contributed by atoms with Crippen molar-refractivity contribution in [3.8, 4) is 5.95 Å². The molecule has 0 atom stereocenters. The number of sulfone groups is 1. The Morgan fingerprint density at radius 2 is 1.95 bits per heavy atom. The Kier molecular flexibility index (Phi) is 2.39. The largest absolute Gasteiger partial charge is 0.256 e. The predicted molar refractivity (Wildman–Crippen MR) is 66.5 cm³/mol. The summed E-state index contributed by atoms with van der Waals surface area (Å²) in [6.07, 6.45) is 1.11. The summed E-state index contributed by atoms with van der Waals surface area (Å²) in [6.45, 7) is 0. The molecule has 3 aromatic rings. The van der Waals surface area contributed by atoms with Gasteiger partial charge >= 0.3 is 0 Å². The number of fused-ring (bicyclic) bond motifs is 1. The van der Waals surface area contributed by atoms with Gasteiger partial charge in [0.2, 0.25) is 15.0 Å². The summed E-state index contributed by atoms with van der Waals surface area (Å²) in [7, 11) is -1.86. The zero-order valence-corrected chi connectivity index (χ0v) is 11.0. The third-order valence-corrected chi connectivity index (χ3v) is 3.60. The smallest absolute Gasteiger partial charge is 0.250 e. The second-order valence-corrected chi connectivity index (χ2v) is 6.00. The van der Waals surface area contributed by atoms with E-state index < -0.39 is 9.84 Å². The molecule has 2 heterocycles. The summed E-state index contributed by atoms with van der Waals surface area (Å²) >= 11 is 0. The minimum atomic E-state index is -3.50. The molecule has 0 aliphatic carbocycles. The maximum Gasteiger partial charge on any atom is 0.256 e. The molecule has 0 N–H and O–H groups in total. The van der Waals surface area contributed by atoms with Gasteiger partial charge in [0.25, 0.3) is 5.95 Å². The molecule has 0 saturated carbocycles. The number of imidazole rings is 1. The maximum atomic E-state index is 11.9. The fourth-order valence-corrected chi connectivity index (χ4v) is 2.64. The van der Waals surface area contributed by atoms with Crippen LogP contribution >= 0.6 is 0 Å². The summed E-state index contributed by atoms with van der Waals surface area (Å²) in [4.78, 5) is 4.15. The zero-order chi connectivity index (χ0) is 13.6. The van der Waals surface area contributed by atoms with Crippen LogP contribution in [0.5, 0.6) is 0 Å². The van der Waals surface area contributed by atoms with E-state index in [1.54, 1.807) is 31.3 Å². The van der Waals surface area contributed by atoms with Gasteiger partial charge in [0.05, 0.1) is 11.0 Å². The van der Waals surface area contributed by atoms with E-state index in [4.69, 9.17) is 0 Å². The lowest BCUT2D eigenvalue weighted by Crippen LogP contribution is -2.12. The first-order chi connectivity index (χ1) is 8.98. The van der Waals surface area contributed by atoms with Crippen molar-refractivity contribution in [2.24, 2.45) is 7.05 Å². The average molecular weight is 278 g/mol. The van der Waals surface area contributed by atoms with Gasteiger partial charge in [0.1, 0.15) is 0 Å². The second-order valence-electron chi connectivity index (χ2n) is 4.09. The van der Waals surface area contributed by atoms with Gasteiger partial charge in [-0.1, -0.05) is 17.2 Å². The third kappa shape index (κ3) is 1.78. The Balaban J connectivity index is 2.48. The lowest BCUT2D eigenvalue weighted by molar-refractivity contribution is 0.587. The van der Waals surface area contributed by atoms with Crippen molar-refractivity contribution in [1.29, 1.82) is 0 Å². The number of rotatable bonds is 2. The van der Waals surface area contributed by atoms with Crippen LogP contribution in [0.2, 0.25) is 0 Å². The predicted octanol–water partition coefficient (Wildman–Crippen LogP) is -0.0475. The number of aromatic nitrogens is 6. The molecule has 0 bridgehead atoms. The molecule has 98 valence electrons. The van der Waals surface area contributed by atoms with Crippen LogP contribution in [0.1, 0.15) is 0 Å². The number of tetrazole rings is 1. The van der Waals surface area contributed by atoms with Crippen molar-refractivity contribution in [2.45, 2.75) is 5.16 Å². The molecule has 0 saturated heterocycles. The first kappa shape index (κ1) is 11.8. The normalized spacial score (nSPS) is 12.1. The first-order valence-electron chi connectivity index (χ1n) is 5.39. The molecule has 0 spiro atoms. The van der Waals surface area contributed by atoms with Crippen LogP contribution in [-0.4, -0.2) is 44.4 Å². The molecular weight excluding hydrogens is 268 g/mol. The van der Waals surface area contributed by atoms with Crippen LogP contribution in [0, 0.1) is 0 Å². The standard InChI is InChI=1S/C10H10N6O2S/c1-15-9(12-13-14-15)16-8-6-4-3-5-7(8)11-10(16)19(2,17)18/h3-6H,1-2H3. The van der Waals surface area contributed by atoms with Crippen molar-refractivity contribution in [2.75, 3.05) is 6.26 Å². The highest BCUT2D eigenvalue weighted by atomic mass is 32.2. The number of hydrogen-bond donors (Lipinski definition) is 0. The van der Waals surface area contributed by atoms with Gasteiger partial charge in [0, 0.05) is 13.3 Å². The Morgan fingerprint density at radius 1 is 1.21 bits per heavy atom. The van der Waals surface area contributed by atoms with Gasteiger partial charge in [-0.25, -0.2) is 22.7 Å². The average Bonchev–Trinajstić information content (AvgIpc) is 2.91. The summed E-state index contributed by atoms with van der Waals surface area (Å²) < 4.78 is 26.6. The SMILES string of the molecule is Cn1nnnc1-n1c(S(C)(=O)=O)nc2ccccc21. The summed E-state index contributed by atoms with van der Waals surface area (Å²) in [6, 6.07) is 7.10. The molecule has 0 radical (unpaired) electrons. The fourth-order valence-electron chi connectivity index (χ4n) is 1.86. The van der Waals surface area contributed by atoms with Gasteiger partial charge < -0.3 is 0 Å². The monoisotopic (exact) mass is 278 g/mol. The van der Waals surface area contributed by atoms with Gasteiger partial charge in [-0.05, 0) is 22.6 Å². The van der Waals surface area contributed by atoms with E-state index in [0.717, 1.165) is 6.26 Å². The molecule has 0 fully saturated rings. The number of para-hydroxylation sites is 2. The van der Waals surface area contributed by atoms with Crippen molar-refractivity contribution in [3.05, 3.63) is 24.3 Å². The van der Waals surface area contributed by atoms with E-state index in [2.05, 4.69) is 20.5 Å². The van der Waals surface area contributed by atoms with Gasteiger partial charge in [0.15, 0.2) is 0 Å². The molecular formula is C10H10N6O2S. The van der Waals surface area contributed by atoms with Crippen LogP contribution in [0.15, 0.2) is 29.4 Å². The van der Waals surface area contributed by atoms with Crippen LogP contribution in [-0.2, 0) is 16.9 Å². The molecule has 3 rings (SSSR count). The van der Waals surface area contributed by atoms with E-state index >= 15 is 0 Å². The molecule has 0 aliphatic rings. The van der Waals surface area contributed by atoms with Crippen LogP contribution in [0.4, 0.5) is 0 Å². The van der Waals surface area contributed by atoms with E-state index in [1.165, 1.54) is 9.25 Å². The molecule has 8 nitrogen and oxygen atoms in total. The maximum absolute atomic E-state index is 11.9. The number of hydrogen-bond acceptors (Lipinski definition) is 6. The lowest BCUT2D eigenvalue weighted by Gasteiger charge is -2.04. The highest BCUT2D eigenvalue weighted by Crippen LogP contribution is 2.22. The zero-order valence-electron chi connectivity index (χ0n) is 10.2. The van der Waals surface area contributed by atoms with Crippen molar-refractivity contribution in [1.82, 2.24) is 29.8 Å². The molecule has 1 aromatic carbocycles. The topological polar surface area (TPSA) is 95.6 Å². The summed E-state index contributed by atoms with van der Waals surface area (Å²) in [5, 5.41) is 11.0. The lowest BCUT2D eigenvalue weighted by atomic mass is 10.3. The van der Waals surface area contributed by atoms with Crippen LogP contribution < -0.4 is 0 Å². The van der Waals surface area contributed by atoms with Crippen molar-refractivity contribution >= 4 is 20.9 Å². The Morgan fingerprint density at radius 3 is 2.58 bits per heavy atom. The van der Waals surface area contributed by atoms with Crippen molar-refractivity contribution < 1.29 is 8.42 Å². The highest BCUT2D eigenvalue weighted by Gasteiger charge is 2.23. The van der Waals surface area contributed by atoms with Gasteiger partial charge in [-0.3, -0.25) is 0 Å². The van der Waals surface area contributed by atoms with Crippen LogP contribution in [0.25, 0.3) is 17.0 Å². The van der Waals surface area contributed by atoms with E-state index in [0.29, 0.717) is 17.0 Å². The first-order valence-corrected chi connectivity index (χ1v) is 7.28. The summed E-state index contributed by atoms with van der Waals surface area (Å²) in [5.74, 6) is 0.300. The molecule has 0 aliphatic heterocycles.